The van der Waals surface area contributed by atoms with Gasteiger partial charge >= 0.3 is 6.18 Å². The van der Waals surface area contributed by atoms with Gasteiger partial charge in [0.1, 0.15) is 17.6 Å². The molecule has 6 rings (SSSR count). The minimum atomic E-state index is -4.51. The summed E-state index contributed by atoms with van der Waals surface area (Å²) in [6, 6.07) is 7.80. The Bertz CT molecular complexity index is 1910. The summed E-state index contributed by atoms with van der Waals surface area (Å²) >= 11 is 6.21. The van der Waals surface area contributed by atoms with Gasteiger partial charge in [0.15, 0.2) is 17.4 Å². The van der Waals surface area contributed by atoms with Crippen LogP contribution in [0.1, 0.15) is 43.2 Å². The molecular weight excluding hydrogens is 751 g/mol. The maximum Gasteiger partial charge on any atom is 0.417 e. The Morgan fingerprint density at radius 3 is 2.31 bits per heavy atom. The number of halogens is 4. The van der Waals surface area contributed by atoms with Crippen molar-refractivity contribution in [3.8, 4) is 11.8 Å². The zero-order valence-corrected chi connectivity index (χ0v) is 31.0. The van der Waals surface area contributed by atoms with Crippen molar-refractivity contribution in [3.63, 3.8) is 0 Å². The van der Waals surface area contributed by atoms with Gasteiger partial charge in [-0.3, -0.25) is 14.7 Å². The number of pyridine rings is 1. The average molecular weight is 792 g/mol. The highest BCUT2D eigenvalue weighted by Gasteiger charge is 2.42. The highest BCUT2D eigenvalue weighted by atomic mass is 35.5. The molecule has 0 unspecified atom stereocenters. The average Bonchev–Trinajstić information content (AvgIpc) is 3.17. The zero-order valence-electron chi connectivity index (χ0n) is 29.5. The van der Waals surface area contributed by atoms with Crippen LogP contribution in [-0.4, -0.2) is 116 Å². The molecule has 3 fully saturated rings. The second kappa shape index (κ2) is 17.0. The molecule has 2 aromatic heterocycles. The van der Waals surface area contributed by atoms with E-state index < -0.39 is 33.3 Å². The van der Waals surface area contributed by atoms with E-state index in [1.165, 1.54) is 16.7 Å². The van der Waals surface area contributed by atoms with Crippen LogP contribution in [0.4, 0.5) is 30.5 Å². The summed E-state index contributed by atoms with van der Waals surface area (Å²) in [7, 11) is -3.71. The smallest absolute Gasteiger partial charge is 0.417 e. The number of rotatable bonds is 12. The number of nitrogens with zero attached hydrogens (tertiary/aromatic N) is 8. The fourth-order valence-electron chi connectivity index (χ4n) is 6.77. The molecule has 3 aliphatic rings. The molecule has 54 heavy (non-hydrogen) atoms. The fourth-order valence-corrected chi connectivity index (χ4v) is 8.18. The predicted molar refractivity (Wildman–Crippen MR) is 195 cm³/mol. The van der Waals surface area contributed by atoms with Crippen LogP contribution >= 0.6 is 11.6 Å². The highest BCUT2D eigenvalue weighted by Crippen LogP contribution is 2.36. The Labute approximate surface area is 316 Å². The monoisotopic (exact) mass is 791 g/mol. The van der Waals surface area contributed by atoms with E-state index in [0.29, 0.717) is 74.2 Å². The van der Waals surface area contributed by atoms with Crippen molar-refractivity contribution in [3.05, 3.63) is 65.2 Å². The van der Waals surface area contributed by atoms with E-state index in [4.69, 9.17) is 21.1 Å². The van der Waals surface area contributed by atoms with Crippen LogP contribution in [0.3, 0.4) is 0 Å². The number of ether oxygens (including phenoxy) is 2. The Hall–Kier alpha value is -4.28. The number of nitrogens with one attached hydrogen (secondary N) is 1. The van der Waals surface area contributed by atoms with Gasteiger partial charge in [0.05, 0.1) is 47.0 Å². The number of hydrogen-bond acceptors (Lipinski definition) is 12. The molecule has 1 aromatic carbocycles. The predicted octanol–water partition coefficient (Wildman–Crippen LogP) is 4.38. The summed E-state index contributed by atoms with van der Waals surface area (Å²) in [5, 5.41) is 12.3. The van der Waals surface area contributed by atoms with Crippen molar-refractivity contribution >= 4 is 44.9 Å². The Morgan fingerprint density at radius 2 is 1.67 bits per heavy atom. The van der Waals surface area contributed by atoms with E-state index in [1.807, 2.05) is 6.07 Å². The lowest BCUT2D eigenvalue weighted by atomic mass is 9.83. The third-order valence-electron chi connectivity index (χ3n) is 9.86. The van der Waals surface area contributed by atoms with Crippen LogP contribution in [0.15, 0.2) is 49.1 Å². The molecule has 1 saturated carbocycles. The number of benzene rings is 1. The molecule has 1 aliphatic carbocycles. The summed E-state index contributed by atoms with van der Waals surface area (Å²) in [6.45, 7) is 4.20. The third kappa shape index (κ3) is 9.68. The third-order valence-corrected chi connectivity index (χ3v) is 11.8. The second-order valence-electron chi connectivity index (χ2n) is 13.4. The first-order valence-electron chi connectivity index (χ1n) is 17.7. The molecule has 2 aliphatic heterocycles. The minimum Gasteiger partial charge on any atom is -0.477 e. The largest absolute Gasteiger partial charge is 0.477 e. The van der Waals surface area contributed by atoms with Crippen molar-refractivity contribution in [2.24, 2.45) is 0 Å². The van der Waals surface area contributed by atoms with Gasteiger partial charge in [-0.05, 0) is 43.9 Å². The van der Waals surface area contributed by atoms with Gasteiger partial charge < -0.3 is 24.6 Å². The van der Waals surface area contributed by atoms with Crippen molar-refractivity contribution < 1.29 is 35.9 Å². The number of sulfonamides is 1. The van der Waals surface area contributed by atoms with Crippen LogP contribution in [0, 0.1) is 11.3 Å². The van der Waals surface area contributed by atoms with E-state index in [1.54, 1.807) is 29.3 Å². The molecule has 2 saturated heterocycles. The Kier molecular flexibility index (Phi) is 12.4. The van der Waals surface area contributed by atoms with E-state index in [0.717, 1.165) is 31.5 Å². The van der Waals surface area contributed by atoms with Gasteiger partial charge in [0.2, 0.25) is 10.0 Å². The van der Waals surface area contributed by atoms with Gasteiger partial charge in [-0.1, -0.05) is 18.0 Å². The normalized spacial score (nSPS) is 18.6. The summed E-state index contributed by atoms with van der Waals surface area (Å²) in [4.78, 5) is 32.2. The van der Waals surface area contributed by atoms with E-state index in [2.05, 4.69) is 30.1 Å². The first-order valence-corrected chi connectivity index (χ1v) is 19.7. The van der Waals surface area contributed by atoms with Crippen LogP contribution < -0.4 is 19.9 Å². The summed E-state index contributed by atoms with van der Waals surface area (Å²) < 4.78 is 78.2. The number of amides is 1. The first-order chi connectivity index (χ1) is 25.8. The topological polar surface area (TPSA) is 157 Å². The van der Waals surface area contributed by atoms with Gasteiger partial charge in [0, 0.05) is 71.2 Å². The number of piperazine rings is 2. The molecule has 0 spiro atoms. The molecule has 0 bridgehead atoms. The zero-order chi connectivity index (χ0) is 38.3. The molecule has 0 atom stereocenters. The van der Waals surface area contributed by atoms with Gasteiger partial charge in [-0.15, -0.1) is 0 Å². The van der Waals surface area contributed by atoms with Crippen LogP contribution in [0.25, 0.3) is 0 Å². The molecule has 19 heteroatoms. The molecule has 1 N–H and O–H groups in total. The molecule has 1 amide bonds. The molecule has 0 radical (unpaired) electrons. The Morgan fingerprint density at radius 1 is 0.944 bits per heavy atom. The molecule has 14 nitrogen and oxygen atoms in total. The molecule has 4 heterocycles. The van der Waals surface area contributed by atoms with E-state index in [-0.39, 0.29) is 43.7 Å². The van der Waals surface area contributed by atoms with Crippen LogP contribution in [0.5, 0.6) is 5.75 Å². The number of carbonyl (C=O) groups is 1. The lowest BCUT2D eigenvalue weighted by Crippen LogP contribution is -2.50. The van der Waals surface area contributed by atoms with Crippen molar-refractivity contribution in [2.75, 3.05) is 86.6 Å². The van der Waals surface area contributed by atoms with E-state index >= 15 is 0 Å². The van der Waals surface area contributed by atoms with E-state index in [9.17, 15) is 31.6 Å². The minimum absolute atomic E-state index is 0.130. The molecular formula is C35H41ClF3N9O5S. The lowest BCUT2D eigenvalue weighted by Gasteiger charge is -2.36. The number of alkyl halides is 3. The van der Waals surface area contributed by atoms with Gasteiger partial charge in [0.25, 0.3) is 5.91 Å². The SMILES string of the molecule is N#Cc1ccc(OC2(C(=O)Nc3cnc(N4CCN(CCOCS(=O)(=O)N5CCN(c6cncc(C(F)(F)F)c6)CC5)CC4)cn3)CCCCC2)cc1Cl. The summed E-state index contributed by atoms with van der Waals surface area (Å²) in [5.41, 5.74) is -1.33. The van der Waals surface area contributed by atoms with Gasteiger partial charge in [-0.2, -0.15) is 22.7 Å². The number of anilines is 3. The number of hydrogen-bond donors (Lipinski definition) is 1. The standard InChI is InChI=1S/C35H41ClF3N9O5S/c36-30-19-29(5-4-26(30)20-40)53-34(6-2-1-3-7-34)33(49)44-31-23-43-32(24-42-31)47-10-8-45(9-11-47)16-17-52-25-54(50,51)48-14-12-46(13-15-48)28-18-27(21-41-22-28)35(37,38)39/h4-5,18-19,21-24H,1-3,6-17,25H2,(H,42,44,49). The van der Waals surface area contributed by atoms with Crippen LogP contribution in [-0.2, 0) is 25.7 Å². The van der Waals surface area contributed by atoms with Crippen molar-refractivity contribution in [2.45, 2.75) is 43.9 Å². The maximum absolute atomic E-state index is 13.6. The summed E-state index contributed by atoms with van der Waals surface area (Å²) in [6.07, 6.45) is 4.44. The van der Waals surface area contributed by atoms with Crippen molar-refractivity contribution in [1.29, 1.82) is 5.26 Å². The van der Waals surface area contributed by atoms with Crippen LogP contribution in [0.2, 0.25) is 5.02 Å². The quantitative estimate of drug-likeness (QED) is 0.259. The maximum atomic E-state index is 13.6. The molecule has 3 aromatic rings. The fraction of sp³-hybridized carbons (Fsp3) is 0.514. The number of nitriles is 1. The van der Waals surface area contributed by atoms with Gasteiger partial charge in [-0.25, -0.2) is 18.4 Å². The summed E-state index contributed by atoms with van der Waals surface area (Å²) in [5.74, 6) is 0.583. The number of carbonyl (C=O) groups excluding carboxylic acids is 1. The lowest BCUT2D eigenvalue weighted by molar-refractivity contribution is -0.137. The van der Waals surface area contributed by atoms with Crippen molar-refractivity contribution in [1.82, 2.24) is 24.2 Å². The first kappa shape index (κ1) is 39.4. The Balaban J connectivity index is 0.917. The molecule has 290 valence electrons. The highest BCUT2D eigenvalue weighted by molar-refractivity contribution is 7.88. The number of aromatic nitrogens is 3. The second-order valence-corrected chi connectivity index (χ2v) is 15.7.